The van der Waals surface area contributed by atoms with Crippen LogP contribution in [0.2, 0.25) is 0 Å². The van der Waals surface area contributed by atoms with Gasteiger partial charge in [0, 0.05) is 5.69 Å². The zero-order valence-corrected chi connectivity index (χ0v) is 13.6. The number of hydrogen-bond acceptors (Lipinski definition) is 3. The lowest BCUT2D eigenvalue weighted by molar-refractivity contribution is -0.119. The van der Waals surface area contributed by atoms with Crippen LogP contribution < -0.4 is 10.6 Å². The van der Waals surface area contributed by atoms with Gasteiger partial charge in [0.15, 0.2) is 5.11 Å². The molecule has 5 heteroatoms. The van der Waals surface area contributed by atoms with Crippen LogP contribution in [0.1, 0.15) is 5.56 Å². The normalized spacial score (nSPS) is 10.3. The van der Waals surface area contributed by atoms with Crippen LogP contribution in [-0.2, 0) is 11.2 Å². The van der Waals surface area contributed by atoms with Crippen LogP contribution in [0, 0.1) is 0 Å². The summed E-state index contributed by atoms with van der Waals surface area (Å²) in [5.41, 5.74) is 1.65. The third-order valence-corrected chi connectivity index (χ3v) is 3.81. The molecule has 4 nitrogen and oxygen atoms in total. The molecule has 1 amide bonds. The van der Waals surface area contributed by atoms with E-state index in [1.54, 1.807) is 24.3 Å². The van der Waals surface area contributed by atoms with E-state index < -0.39 is 0 Å². The summed E-state index contributed by atoms with van der Waals surface area (Å²) in [6, 6.07) is 20.3. The average molecular weight is 336 g/mol. The van der Waals surface area contributed by atoms with Gasteiger partial charge in [-0.3, -0.25) is 4.79 Å². The van der Waals surface area contributed by atoms with E-state index in [2.05, 4.69) is 10.6 Å². The maximum absolute atomic E-state index is 12.2. The van der Waals surface area contributed by atoms with Gasteiger partial charge in [0.05, 0.1) is 6.42 Å². The van der Waals surface area contributed by atoms with Crippen LogP contribution in [0.15, 0.2) is 66.7 Å². The SMILES string of the molecule is O=C(Cc1cccc2ccccc12)NC(=S)Nc1ccc(O)cc1. The number of anilines is 1. The number of amides is 1. The quantitative estimate of drug-likeness (QED) is 0.505. The lowest BCUT2D eigenvalue weighted by Gasteiger charge is -2.10. The van der Waals surface area contributed by atoms with E-state index in [0.717, 1.165) is 16.3 Å². The van der Waals surface area contributed by atoms with Crippen LogP contribution >= 0.6 is 12.2 Å². The standard InChI is InChI=1S/C19H16N2O2S/c22-16-10-8-15(9-11-16)20-19(24)21-18(23)12-14-6-3-5-13-4-1-2-7-17(13)14/h1-11,22H,12H2,(H2,20,21,23,24). The third kappa shape index (κ3) is 3.88. The van der Waals surface area contributed by atoms with E-state index in [-0.39, 0.29) is 23.2 Å². The number of carbonyl (C=O) groups is 1. The Morgan fingerprint density at radius 3 is 2.46 bits per heavy atom. The van der Waals surface area contributed by atoms with Gasteiger partial charge in [0.25, 0.3) is 0 Å². The number of nitrogens with one attached hydrogen (secondary N) is 2. The van der Waals surface area contributed by atoms with E-state index >= 15 is 0 Å². The van der Waals surface area contributed by atoms with Crippen molar-refractivity contribution in [1.29, 1.82) is 0 Å². The summed E-state index contributed by atoms with van der Waals surface area (Å²) in [6.07, 6.45) is 0.249. The number of phenolic OH excluding ortho intramolecular Hbond substituents is 1. The molecule has 0 saturated carbocycles. The van der Waals surface area contributed by atoms with E-state index in [0.29, 0.717) is 5.69 Å². The van der Waals surface area contributed by atoms with Crippen molar-refractivity contribution in [2.75, 3.05) is 5.32 Å². The fourth-order valence-electron chi connectivity index (χ4n) is 2.50. The highest BCUT2D eigenvalue weighted by Gasteiger charge is 2.08. The van der Waals surface area contributed by atoms with Gasteiger partial charge in [-0.1, -0.05) is 42.5 Å². The summed E-state index contributed by atoms with van der Waals surface area (Å²) in [6.45, 7) is 0. The van der Waals surface area contributed by atoms with Gasteiger partial charge in [-0.15, -0.1) is 0 Å². The number of phenols is 1. The van der Waals surface area contributed by atoms with Crippen molar-refractivity contribution >= 4 is 39.7 Å². The number of benzene rings is 3. The monoisotopic (exact) mass is 336 g/mol. The van der Waals surface area contributed by atoms with Crippen molar-refractivity contribution in [1.82, 2.24) is 5.32 Å². The Kier molecular flexibility index (Phi) is 4.72. The molecule has 0 spiro atoms. The van der Waals surface area contributed by atoms with Gasteiger partial charge in [0.1, 0.15) is 5.75 Å². The first-order valence-electron chi connectivity index (χ1n) is 7.48. The van der Waals surface area contributed by atoms with E-state index in [1.165, 1.54) is 0 Å². The summed E-state index contributed by atoms with van der Waals surface area (Å²) >= 11 is 5.15. The molecule has 3 rings (SSSR count). The lowest BCUT2D eigenvalue weighted by Crippen LogP contribution is -2.35. The topological polar surface area (TPSA) is 61.4 Å². The van der Waals surface area contributed by atoms with Gasteiger partial charge in [-0.2, -0.15) is 0 Å². The first kappa shape index (κ1) is 16.0. The minimum Gasteiger partial charge on any atom is -0.508 e. The Morgan fingerprint density at radius 1 is 0.958 bits per heavy atom. The van der Waals surface area contributed by atoms with Crippen molar-refractivity contribution in [2.24, 2.45) is 0 Å². The predicted molar refractivity (Wildman–Crippen MR) is 100 cm³/mol. The second-order valence-corrected chi connectivity index (χ2v) is 5.77. The molecule has 0 aliphatic carbocycles. The van der Waals surface area contributed by atoms with Crippen LogP contribution in [0.5, 0.6) is 5.75 Å². The number of rotatable bonds is 3. The minimum atomic E-state index is -0.178. The lowest BCUT2D eigenvalue weighted by atomic mass is 10.0. The summed E-state index contributed by atoms with van der Waals surface area (Å²) in [5.74, 6) is -0.00547. The first-order valence-corrected chi connectivity index (χ1v) is 7.89. The summed E-state index contributed by atoms with van der Waals surface area (Å²) in [4.78, 5) is 12.2. The van der Waals surface area contributed by atoms with Crippen molar-refractivity contribution in [3.8, 4) is 5.75 Å². The Bertz CT molecular complexity index is 886. The Labute approximate surface area is 145 Å². The van der Waals surface area contributed by atoms with Gasteiger partial charge < -0.3 is 15.7 Å². The van der Waals surface area contributed by atoms with Gasteiger partial charge in [0.2, 0.25) is 5.91 Å². The average Bonchev–Trinajstić information content (AvgIpc) is 2.57. The molecule has 24 heavy (non-hydrogen) atoms. The third-order valence-electron chi connectivity index (χ3n) is 3.61. The number of fused-ring (bicyclic) bond motifs is 1. The fourth-order valence-corrected chi connectivity index (χ4v) is 2.73. The molecule has 0 fully saturated rings. The Morgan fingerprint density at radius 2 is 1.67 bits per heavy atom. The summed E-state index contributed by atoms with van der Waals surface area (Å²) in [7, 11) is 0. The molecule has 3 aromatic carbocycles. The Hall–Kier alpha value is -2.92. The molecule has 0 heterocycles. The van der Waals surface area contributed by atoms with E-state index in [4.69, 9.17) is 12.2 Å². The molecule has 0 aliphatic rings. The molecule has 0 unspecified atom stereocenters. The zero-order chi connectivity index (χ0) is 16.9. The second-order valence-electron chi connectivity index (χ2n) is 5.36. The number of aromatic hydroxyl groups is 1. The molecule has 0 aromatic heterocycles. The zero-order valence-electron chi connectivity index (χ0n) is 12.8. The number of hydrogen-bond donors (Lipinski definition) is 3. The van der Waals surface area contributed by atoms with Gasteiger partial charge >= 0.3 is 0 Å². The maximum atomic E-state index is 12.2. The molecule has 0 aliphatic heterocycles. The molecule has 0 saturated heterocycles. The molecule has 0 atom stereocenters. The molecule has 0 bridgehead atoms. The number of carbonyl (C=O) groups excluding carboxylic acids is 1. The highest BCUT2D eigenvalue weighted by atomic mass is 32.1. The molecule has 3 N–H and O–H groups in total. The van der Waals surface area contributed by atoms with Crippen molar-refractivity contribution in [3.63, 3.8) is 0 Å². The van der Waals surface area contributed by atoms with Gasteiger partial charge in [-0.25, -0.2) is 0 Å². The van der Waals surface area contributed by atoms with Crippen LogP contribution in [0.3, 0.4) is 0 Å². The minimum absolute atomic E-state index is 0.173. The molecule has 0 radical (unpaired) electrons. The summed E-state index contributed by atoms with van der Waals surface area (Å²) < 4.78 is 0. The number of thiocarbonyl (C=S) groups is 1. The molecule has 120 valence electrons. The maximum Gasteiger partial charge on any atom is 0.230 e. The van der Waals surface area contributed by atoms with Crippen molar-refractivity contribution < 1.29 is 9.90 Å². The second kappa shape index (κ2) is 7.10. The molecule has 3 aromatic rings. The first-order chi connectivity index (χ1) is 11.6. The smallest absolute Gasteiger partial charge is 0.230 e. The predicted octanol–water partition coefficient (Wildman–Crippen LogP) is 3.60. The van der Waals surface area contributed by atoms with Crippen LogP contribution in [0.4, 0.5) is 5.69 Å². The highest BCUT2D eigenvalue weighted by Crippen LogP contribution is 2.19. The highest BCUT2D eigenvalue weighted by molar-refractivity contribution is 7.80. The molecular weight excluding hydrogens is 320 g/mol. The van der Waals surface area contributed by atoms with Crippen molar-refractivity contribution in [3.05, 3.63) is 72.3 Å². The summed E-state index contributed by atoms with van der Waals surface area (Å²) in [5, 5.41) is 17.2. The fraction of sp³-hybridized carbons (Fsp3) is 0.0526. The van der Waals surface area contributed by atoms with Crippen LogP contribution in [-0.4, -0.2) is 16.1 Å². The van der Waals surface area contributed by atoms with Crippen LogP contribution in [0.25, 0.3) is 10.8 Å². The van der Waals surface area contributed by atoms with E-state index in [9.17, 15) is 9.90 Å². The van der Waals surface area contributed by atoms with E-state index in [1.807, 2.05) is 42.5 Å². The molecular formula is C19H16N2O2S. The van der Waals surface area contributed by atoms with Gasteiger partial charge in [-0.05, 0) is 52.8 Å². The van der Waals surface area contributed by atoms with Crippen molar-refractivity contribution in [2.45, 2.75) is 6.42 Å². The largest absolute Gasteiger partial charge is 0.508 e. The Balaban J connectivity index is 1.64.